The van der Waals surface area contributed by atoms with E-state index in [0.717, 1.165) is 11.3 Å². The van der Waals surface area contributed by atoms with Gasteiger partial charge in [-0.1, -0.05) is 29.0 Å². The van der Waals surface area contributed by atoms with Crippen LogP contribution < -0.4 is 15.4 Å². The Morgan fingerprint density at radius 3 is 2.25 bits per heavy atom. The van der Waals surface area contributed by atoms with Crippen LogP contribution in [0.1, 0.15) is 24.2 Å². The fourth-order valence-corrected chi connectivity index (χ4v) is 4.17. The molecule has 1 heterocycles. The van der Waals surface area contributed by atoms with Gasteiger partial charge in [-0.3, -0.25) is 14.9 Å². The number of rotatable bonds is 7. The maximum absolute atomic E-state index is 13.5. The number of carbonyl (C=O) groups excluding carboxylic acids is 2. The minimum atomic E-state index is -1.31. The lowest BCUT2D eigenvalue weighted by Crippen LogP contribution is -2.52. The molecule has 4 rings (SSSR count). The Balaban J connectivity index is 1.57. The Morgan fingerprint density at radius 1 is 0.972 bits per heavy atom. The van der Waals surface area contributed by atoms with E-state index in [9.17, 15) is 18.4 Å². The molecule has 0 spiro atoms. The fraction of sp³-hybridized carbons (Fsp3) is 0.115. The number of nitrogens with zero attached hydrogens (tertiary/aromatic N) is 1. The Morgan fingerprint density at radius 2 is 1.61 bits per heavy atom. The van der Waals surface area contributed by atoms with Crippen LogP contribution in [0.3, 0.4) is 0 Å². The van der Waals surface area contributed by atoms with E-state index in [1.165, 1.54) is 54.6 Å². The standard InChI is InChI=1S/C26H20ClF2N3O3S/c1-26(2,32-22(33)16-4-3-5-17(27)14-16)24(34)31-25-30-21(15-6-8-18(28)9-7-15)23(36-25)35-20-12-10-19(29)11-13-20/h3-14H,1-2H3,(H,32,33)(H,30,31,34). The fourth-order valence-electron chi connectivity index (χ4n) is 3.12. The molecule has 0 fully saturated rings. The van der Waals surface area contributed by atoms with Gasteiger partial charge in [-0.05, 0) is 80.6 Å². The van der Waals surface area contributed by atoms with Crippen molar-refractivity contribution < 1.29 is 23.1 Å². The molecule has 1 aromatic heterocycles. The molecule has 36 heavy (non-hydrogen) atoms. The predicted octanol–water partition coefficient (Wildman–Crippen LogP) is 6.68. The highest BCUT2D eigenvalue weighted by Crippen LogP contribution is 2.40. The van der Waals surface area contributed by atoms with Gasteiger partial charge in [0.15, 0.2) is 5.13 Å². The second kappa shape index (κ2) is 10.4. The number of aromatic nitrogens is 1. The van der Waals surface area contributed by atoms with Crippen molar-refractivity contribution in [1.82, 2.24) is 10.3 Å². The van der Waals surface area contributed by atoms with Crippen molar-refractivity contribution in [2.45, 2.75) is 19.4 Å². The van der Waals surface area contributed by atoms with Crippen LogP contribution in [-0.4, -0.2) is 22.3 Å². The van der Waals surface area contributed by atoms with E-state index in [-0.39, 0.29) is 5.13 Å². The zero-order chi connectivity index (χ0) is 25.9. The molecular formula is C26H20ClF2N3O3S. The van der Waals surface area contributed by atoms with E-state index < -0.39 is 29.0 Å². The topological polar surface area (TPSA) is 80.3 Å². The molecule has 0 radical (unpaired) electrons. The third kappa shape index (κ3) is 6.05. The molecule has 0 aliphatic rings. The lowest BCUT2D eigenvalue weighted by atomic mass is 10.0. The summed E-state index contributed by atoms with van der Waals surface area (Å²) >= 11 is 6.99. The smallest absolute Gasteiger partial charge is 0.252 e. The van der Waals surface area contributed by atoms with Crippen molar-refractivity contribution in [2.24, 2.45) is 0 Å². The normalized spacial score (nSPS) is 11.1. The minimum absolute atomic E-state index is 0.196. The van der Waals surface area contributed by atoms with Crippen molar-refractivity contribution in [3.05, 3.63) is 95.0 Å². The first-order valence-electron chi connectivity index (χ1n) is 10.7. The zero-order valence-electron chi connectivity index (χ0n) is 19.1. The minimum Gasteiger partial charge on any atom is -0.444 e. The van der Waals surface area contributed by atoms with Crippen LogP contribution in [0.15, 0.2) is 72.8 Å². The van der Waals surface area contributed by atoms with Crippen LogP contribution in [0.25, 0.3) is 11.3 Å². The van der Waals surface area contributed by atoms with Crippen LogP contribution in [0.5, 0.6) is 10.8 Å². The number of thiazole rings is 1. The first kappa shape index (κ1) is 25.3. The third-order valence-corrected chi connectivity index (χ3v) is 6.12. The lowest BCUT2D eigenvalue weighted by Gasteiger charge is -2.24. The molecular weight excluding hydrogens is 508 g/mol. The first-order valence-corrected chi connectivity index (χ1v) is 11.9. The number of benzene rings is 3. The monoisotopic (exact) mass is 527 g/mol. The van der Waals surface area contributed by atoms with Gasteiger partial charge in [-0.2, -0.15) is 0 Å². The first-order chi connectivity index (χ1) is 17.1. The van der Waals surface area contributed by atoms with Crippen LogP contribution in [0.4, 0.5) is 13.9 Å². The maximum atomic E-state index is 13.5. The number of nitrogens with one attached hydrogen (secondary N) is 2. The number of amides is 2. The van der Waals surface area contributed by atoms with E-state index in [2.05, 4.69) is 15.6 Å². The summed E-state index contributed by atoms with van der Waals surface area (Å²) in [6.07, 6.45) is 0. The average Bonchev–Trinajstić information content (AvgIpc) is 3.22. The largest absolute Gasteiger partial charge is 0.444 e. The maximum Gasteiger partial charge on any atom is 0.252 e. The number of anilines is 1. The van der Waals surface area contributed by atoms with Crippen molar-refractivity contribution in [3.63, 3.8) is 0 Å². The molecule has 3 aromatic carbocycles. The van der Waals surface area contributed by atoms with Gasteiger partial charge >= 0.3 is 0 Å². The van der Waals surface area contributed by atoms with Crippen molar-refractivity contribution in [1.29, 1.82) is 0 Å². The molecule has 0 bridgehead atoms. The van der Waals surface area contributed by atoms with Crippen molar-refractivity contribution >= 4 is 39.9 Å². The summed E-state index contributed by atoms with van der Waals surface area (Å²) in [5.41, 5.74) is -0.0793. The molecule has 2 N–H and O–H groups in total. The van der Waals surface area contributed by atoms with Gasteiger partial charge in [-0.25, -0.2) is 13.8 Å². The summed E-state index contributed by atoms with van der Waals surface area (Å²) in [4.78, 5) is 30.1. The second-order valence-electron chi connectivity index (χ2n) is 8.26. The third-order valence-electron chi connectivity index (χ3n) is 5.04. The summed E-state index contributed by atoms with van der Waals surface area (Å²) in [6.45, 7) is 3.10. The summed E-state index contributed by atoms with van der Waals surface area (Å²) < 4.78 is 32.7. The summed E-state index contributed by atoms with van der Waals surface area (Å²) in [6, 6.07) is 17.4. The summed E-state index contributed by atoms with van der Waals surface area (Å²) in [7, 11) is 0. The molecule has 10 heteroatoms. The molecule has 2 amide bonds. The highest BCUT2D eigenvalue weighted by Gasteiger charge is 2.31. The van der Waals surface area contributed by atoms with Crippen LogP contribution >= 0.6 is 22.9 Å². The number of hydrogen-bond donors (Lipinski definition) is 2. The average molecular weight is 528 g/mol. The molecule has 6 nitrogen and oxygen atoms in total. The van der Waals surface area contributed by atoms with Gasteiger partial charge in [0.25, 0.3) is 11.8 Å². The molecule has 0 aliphatic carbocycles. The van der Waals surface area contributed by atoms with Gasteiger partial charge in [0, 0.05) is 16.1 Å². The molecule has 4 aromatic rings. The number of ether oxygens (including phenoxy) is 1. The van der Waals surface area contributed by atoms with Gasteiger partial charge in [-0.15, -0.1) is 0 Å². The molecule has 184 valence electrons. The van der Waals surface area contributed by atoms with E-state index in [1.54, 1.807) is 32.0 Å². The van der Waals surface area contributed by atoms with Gasteiger partial charge in [0.2, 0.25) is 5.06 Å². The number of hydrogen-bond acceptors (Lipinski definition) is 5. The van der Waals surface area contributed by atoms with Crippen molar-refractivity contribution in [2.75, 3.05) is 5.32 Å². The van der Waals surface area contributed by atoms with Crippen LogP contribution in [0, 0.1) is 11.6 Å². The van der Waals surface area contributed by atoms with Crippen LogP contribution in [-0.2, 0) is 4.79 Å². The number of halogens is 3. The molecule has 0 saturated heterocycles. The predicted molar refractivity (Wildman–Crippen MR) is 136 cm³/mol. The Hall–Kier alpha value is -3.82. The second-order valence-corrected chi connectivity index (χ2v) is 9.66. The Bertz CT molecular complexity index is 1410. The molecule has 0 unspecified atom stereocenters. The summed E-state index contributed by atoms with van der Waals surface area (Å²) in [5, 5.41) is 6.29. The highest BCUT2D eigenvalue weighted by atomic mass is 35.5. The number of carbonyl (C=O) groups is 2. The Kier molecular flexibility index (Phi) is 7.32. The molecule has 0 atom stereocenters. The van der Waals surface area contributed by atoms with Gasteiger partial charge in [0.05, 0.1) is 0 Å². The van der Waals surface area contributed by atoms with Crippen LogP contribution in [0.2, 0.25) is 5.02 Å². The van der Waals surface area contributed by atoms with Gasteiger partial charge in [0.1, 0.15) is 28.6 Å². The van der Waals surface area contributed by atoms with E-state index in [4.69, 9.17) is 16.3 Å². The summed E-state index contributed by atoms with van der Waals surface area (Å²) in [5.74, 6) is -1.47. The van der Waals surface area contributed by atoms with Crippen molar-refractivity contribution in [3.8, 4) is 22.1 Å². The molecule has 0 saturated carbocycles. The zero-order valence-corrected chi connectivity index (χ0v) is 20.7. The highest BCUT2D eigenvalue weighted by molar-refractivity contribution is 7.18. The van der Waals surface area contributed by atoms with E-state index >= 15 is 0 Å². The Labute approximate surface area is 214 Å². The quantitative estimate of drug-likeness (QED) is 0.281. The van der Waals surface area contributed by atoms with E-state index in [0.29, 0.717) is 32.7 Å². The van der Waals surface area contributed by atoms with Gasteiger partial charge < -0.3 is 10.1 Å². The lowest BCUT2D eigenvalue weighted by molar-refractivity contribution is -0.120. The SMILES string of the molecule is CC(C)(NC(=O)c1cccc(Cl)c1)C(=O)Nc1nc(-c2ccc(F)cc2)c(Oc2ccc(F)cc2)s1. The molecule has 0 aliphatic heterocycles. The van der Waals surface area contributed by atoms with E-state index in [1.807, 2.05) is 0 Å².